The summed E-state index contributed by atoms with van der Waals surface area (Å²) in [5.41, 5.74) is 10.3. The Morgan fingerprint density at radius 3 is 1.96 bits per heavy atom. The van der Waals surface area contributed by atoms with Gasteiger partial charge < -0.3 is 13.5 Å². The van der Waals surface area contributed by atoms with Gasteiger partial charge in [-0.15, -0.1) is 12.1 Å². The van der Waals surface area contributed by atoms with E-state index >= 15 is 0 Å². The fourth-order valence-electron chi connectivity index (χ4n) is 7.05. The average molecular weight is 826 g/mol. The second-order valence-corrected chi connectivity index (χ2v) is 12.2. The number of fused-ring (bicyclic) bond motifs is 12. The molecule has 0 aliphatic heterocycles. The Bertz CT molecular complexity index is 2930. The number of aromatic nitrogens is 6. The van der Waals surface area contributed by atoms with Gasteiger partial charge in [0.15, 0.2) is 0 Å². The van der Waals surface area contributed by atoms with Gasteiger partial charge in [-0.2, -0.15) is 0 Å². The van der Waals surface area contributed by atoms with Crippen LogP contribution in [0.5, 0.6) is 11.5 Å². The summed E-state index contributed by atoms with van der Waals surface area (Å²) in [5.74, 6) is 1.12. The van der Waals surface area contributed by atoms with Crippen molar-refractivity contribution in [1.29, 1.82) is 0 Å². The molecular formula is C42H26N6OPt. The van der Waals surface area contributed by atoms with E-state index in [9.17, 15) is 0 Å². The maximum Gasteiger partial charge on any atom is 2.00 e. The SMILES string of the molecule is Cc1nc2c3[c-]c(Oc4[c-]c5c(cc4)c4ncccc4n4c(-c6ccccc6)c(-c6ccccc6)nc54)ccc3c3cccnc3n2c1C.[Pt+2]. The van der Waals surface area contributed by atoms with E-state index in [1.165, 1.54) is 0 Å². The third-order valence-electron chi connectivity index (χ3n) is 9.39. The van der Waals surface area contributed by atoms with Gasteiger partial charge >= 0.3 is 21.1 Å². The van der Waals surface area contributed by atoms with Gasteiger partial charge in [0.25, 0.3) is 0 Å². The number of rotatable bonds is 4. The zero-order valence-corrected chi connectivity index (χ0v) is 29.2. The topological polar surface area (TPSA) is 69.6 Å². The van der Waals surface area contributed by atoms with Crippen molar-refractivity contribution in [3.05, 3.63) is 145 Å². The van der Waals surface area contributed by atoms with Crippen LogP contribution in [-0.2, 0) is 21.1 Å². The first-order chi connectivity index (χ1) is 24.1. The first-order valence-electron chi connectivity index (χ1n) is 16.2. The molecule has 8 heteroatoms. The third-order valence-corrected chi connectivity index (χ3v) is 9.39. The van der Waals surface area contributed by atoms with Gasteiger partial charge in [-0.3, -0.25) is 15.0 Å². The van der Waals surface area contributed by atoms with E-state index in [1.807, 2.05) is 67.8 Å². The summed E-state index contributed by atoms with van der Waals surface area (Å²) in [6, 6.07) is 44.0. The van der Waals surface area contributed by atoms with Gasteiger partial charge in [-0.05, 0) is 43.0 Å². The minimum absolute atomic E-state index is 0. The molecule has 0 saturated heterocycles. The molecule has 0 aliphatic rings. The number of aryl methyl sites for hydroxylation is 2. The second-order valence-electron chi connectivity index (χ2n) is 12.2. The largest absolute Gasteiger partial charge is 2.00 e. The number of pyridine rings is 4. The normalized spacial score (nSPS) is 11.6. The predicted octanol–water partition coefficient (Wildman–Crippen LogP) is 9.73. The zero-order chi connectivity index (χ0) is 32.6. The second kappa shape index (κ2) is 11.6. The van der Waals surface area contributed by atoms with Gasteiger partial charge in [-0.25, -0.2) is 4.98 Å². The molecule has 0 aliphatic carbocycles. The minimum atomic E-state index is 0. The van der Waals surface area contributed by atoms with Crippen molar-refractivity contribution in [2.45, 2.75) is 13.8 Å². The summed E-state index contributed by atoms with van der Waals surface area (Å²) in [5, 5.41) is 4.71. The van der Waals surface area contributed by atoms with E-state index in [2.05, 4.69) is 88.5 Å². The molecule has 0 atom stereocenters. The average Bonchev–Trinajstić information content (AvgIpc) is 3.71. The van der Waals surface area contributed by atoms with E-state index < -0.39 is 0 Å². The Labute approximate surface area is 301 Å². The summed E-state index contributed by atoms with van der Waals surface area (Å²) < 4.78 is 10.9. The van der Waals surface area contributed by atoms with Crippen molar-refractivity contribution in [3.8, 4) is 34.0 Å². The summed E-state index contributed by atoms with van der Waals surface area (Å²) >= 11 is 0. The van der Waals surface area contributed by atoms with Gasteiger partial charge in [-0.1, -0.05) is 113 Å². The van der Waals surface area contributed by atoms with Crippen molar-refractivity contribution in [2.24, 2.45) is 0 Å². The van der Waals surface area contributed by atoms with Crippen molar-refractivity contribution in [3.63, 3.8) is 0 Å². The van der Waals surface area contributed by atoms with Crippen LogP contribution in [0.4, 0.5) is 0 Å². The van der Waals surface area contributed by atoms with Gasteiger partial charge in [0.05, 0.1) is 33.7 Å². The summed E-state index contributed by atoms with van der Waals surface area (Å²) in [7, 11) is 0. The van der Waals surface area contributed by atoms with Crippen LogP contribution in [0.3, 0.4) is 0 Å². The van der Waals surface area contributed by atoms with E-state index in [-0.39, 0.29) is 21.1 Å². The molecule has 0 fully saturated rings. The van der Waals surface area contributed by atoms with Crippen molar-refractivity contribution < 1.29 is 25.8 Å². The van der Waals surface area contributed by atoms with Gasteiger partial charge in [0.2, 0.25) is 0 Å². The molecule has 10 aromatic rings. The maximum absolute atomic E-state index is 6.54. The van der Waals surface area contributed by atoms with Crippen molar-refractivity contribution in [2.75, 3.05) is 0 Å². The molecule has 0 bridgehead atoms. The van der Waals surface area contributed by atoms with Crippen LogP contribution in [0.2, 0.25) is 0 Å². The molecule has 50 heavy (non-hydrogen) atoms. The van der Waals surface area contributed by atoms with E-state index in [0.717, 1.165) is 88.8 Å². The maximum atomic E-state index is 6.54. The van der Waals surface area contributed by atoms with Gasteiger partial charge in [0, 0.05) is 40.8 Å². The van der Waals surface area contributed by atoms with Crippen LogP contribution in [0.1, 0.15) is 11.4 Å². The molecule has 4 aromatic carbocycles. The summed E-state index contributed by atoms with van der Waals surface area (Å²) in [6.45, 7) is 4.09. The summed E-state index contributed by atoms with van der Waals surface area (Å²) in [4.78, 5) is 19.8. The van der Waals surface area contributed by atoms with E-state index in [0.29, 0.717) is 11.5 Å². The van der Waals surface area contributed by atoms with Crippen LogP contribution < -0.4 is 4.74 Å². The van der Waals surface area contributed by atoms with Gasteiger partial charge in [0.1, 0.15) is 5.65 Å². The number of ether oxygens (including phenoxy) is 1. The van der Waals surface area contributed by atoms with Crippen molar-refractivity contribution in [1.82, 2.24) is 28.7 Å². The standard InChI is InChI=1S/C42H26N6O.Pt/c1-25-26(2)47-40-33(15-9-22-44-40)31-19-17-29(23-34(31)41(47)45-25)49-30-18-20-32-35(24-30)42-46-37(27-11-5-3-6-12-27)39(28-13-7-4-8-14-28)48(42)36-16-10-21-43-38(32)36;/h3-22H,1-2H3;/q-2;+2. The van der Waals surface area contributed by atoms with E-state index in [1.54, 1.807) is 0 Å². The van der Waals surface area contributed by atoms with Crippen LogP contribution in [0.15, 0.2) is 122 Å². The molecule has 0 amide bonds. The van der Waals surface area contributed by atoms with Crippen LogP contribution in [-0.4, -0.2) is 28.7 Å². The first-order valence-corrected chi connectivity index (χ1v) is 16.2. The van der Waals surface area contributed by atoms with Crippen molar-refractivity contribution >= 4 is 54.9 Å². The Kier molecular flexibility index (Phi) is 7.00. The molecule has 0 spiro atoms. The van der Waals surface area contributed by atoms with E-state index in [4.69, 9.17) is 24.7 Å². The monoisotopic (exact) mass is 825 g/mol. The molecule has 10 rings (SSSR count). The summed E-state index contributed by atoms with van der Waals surface area (Å²) in [6.07, 6.45) is 3.65. The number of imidazole rings is 2. The predicted molar refractivity (Wildman–Crippen MR) is 194 cm³/mol. The molecule has 240 valence electrons. The first kappa shape index (κ1) is 30.2. The molecule has 0 unspecified atom stereocenters. The smallest absolute Gasteiger partial charge is 0.497 e. The Balaban J connectivity index is 0.00000336. The molecule has 0 radical (unpaired) electrons. The molecular weight excluding hydrogens is 800 g/mol. The fraction of sp³-hybridized carbons (Fsp3) is 0.0476. The molecule has 6 aromatic heterocycles. The number of nitrogens with zero attached hydrogens (tertiary/aromatic N) is 6. The molecule has 6 heterocycles. The Morgan fingerprint density at radius 2 is 1.20 bits per heavy atom. The number of hydrogen-bond donors (Lipinski definition) is 0. The minimum Gasteiger partial charge on any atom is -0.497 e. The zero-order valence-electron chi connectivity index (χ0n) is 27.0. The molecule has 0 saturated carbocycles. The van der Waals surface area contributed by atoms with Crippen LogP contribution in [0.25, 0.3) is 77.4 Å². The Hall–Kier alpha value is -5.91. The quantitative estimate of drug-likeness (QED) is 0.131. The number of hydrogen-bond acceptors (Lipinski definition) is 5. The fourth-order valence-corrected chi connectivity index (χ4v) is 7.05. The third kappa shape index (κ3) is 4.47. The molecule has 0 N–H and O–H groups in total. The number of benzene rings is 4. The Morgan fingerprint density at radius 1 is 0.560 bits per heavy atom. The van der Waals surface area contributed by atoms with Crippen LogP contribution in [0, 0.1) is 26.0 Å². The van der Waals surface area contributed by atoms with Crippen LogP contribution >= 0.6 is 0 Å². The molecule has 7 nitrogen and oxygen atoms in total.